The van der Waals surface area contributed by atoms with Crippen molar-refractivity contribution < 1.29 is 19.5 Å². The van der Waals surface area contributed by atoms with E-state index in [2.05, 4.69) is 0 Å². The molecule has 78 valence electrons. The number of carbonyl (C=O) groups is 3. The van der Waals surface area contributed by atoms with Crippen molar-refractivity contribution in [2.24, 2.45) is 11.1 Å². The first-order valence-electron chi connectivity index (χ1n) is 4.54. The minimum absolute atomic E-state index is 0.226. The summed E-state index contributed by atoms with van der Waals surface area (Å²) in [4.78, 5) is 33.2. The van der Waals surface area contributed by atoms with Crippen molar-refractivity contribution >= 4 is 17.7 Å². The zero-order chi connectivity index (χ0) is 10.8. The Morgan fingerprint density at radius 3 is 2.50 bits per heavy atom. The predicted octanol–water partition coefficient (Wildman–Crippen LogP) is 0.0759. The van der Waals surface area contributed by atoms with Gasteiger partial charge in [0, 0.05) is 12.8 Å². The maximum absolute atomic E-state index is 11.5. The van der Waals surface area contributed by atoms with E-state index in [4.69, 9.17) is 10.8 Å². The van der Waals surface area contributed by atoms with Crippen LogP contribution < -0.4 is 5.73 Å². The first-order chi connectivity index (χ1) is 6.49. The molecule has 1 aliphatic carbocycles. The average molecular weight is 199 g/mol. The summed E-state index contributed by atoms with van der Waals surface area (Å²) in [7, 11) is 0. The Hall–Kier alpha value is -1.39. The van der Waals surface area contributed by atoms with Crippen molar-refractivity contribution in [1.29, 1.82) is 0 Å². The zero-order valence-electron chi connectivity index (χ0n) is 7.78. The Morgan fingerprint density at radius 1 is 1.43 bits per heavy atom. The van der Waals surface area contributed by atoms with Crippen molar-refractivity contribution in [2.75, 3.05) is 0 Å². The third kappa shape index (κ3) is 1.76. The summed E-state index contributed by atoms with van der Waals surface area (Å²) in [5.41, 5.74) is 3.42. The summed E-state index contributed by atoms with van der Waals surface area (Å²) in [5.74, 6) is -2.32. The molecule has 0 spiro atoms. The van der Waals surface area contributed by atoms with Gasteiger partial charge in [-0.3, -0.25) is 14.4 Å². The van der Waals surface area contributed by atoms with Gasteiger partial charge in [-0.15, -0.1) is 0 Å². The van der Waals surface area contributed by atoms with Gasteiger partial charge in [0.2, 0.25) is 5.91 Å². The van der Waals surface area contributed by atoms with Crippen LogP contribution in [-0.4, -0.2) is 22.8 Å². The van der Waals surface area contributed by atoms with Gasteiger partial charge in [0.1, 0.15) is 5.41 Å². The van der Waals surface area contributed by atoms with E-state index in [1.165, 1.54) is 0 Å². The van der Waals surface area contributed by atoms with E-state index in [0.29, 0.717) is 12.8 Å². The zero-order valence-corrected chi connectivity index (χ0v) is 7.78. The second-order valence-electron chi connectivity index (χ2n) is 3.66. The van der Waals surface area contributed by atoms with Crippen LogP contribution in [0.15, 0.2) is 0 Å². The molecule has 1 saturated carbocycles. The number of Topliss-reactive ketones (excluding diaryl/α,β-unsaturated/α-hetero) is 1. The number of rotatable bonds is 3. The van der Waals surface area contributed by atoms with Crippen LogP contribution in [0.1, 0.15) is 32.1 Å². The number of hydrogen-bond acceptors (Lipinski definition) is 3. The molecule has 1 rings (SSSR count). The van der Waals surface area contributed by atoms with Gasteiger partial charge in [0.15, 0.2) is 5.78 Å². The van der Waals surface area contributed by atoms with E-state index in [0.717, 1.165) is 0 Å². The highest BCUT2D eigenvalue weighted by Gasteiger charge is 2.47. The number of carboxylic acids is 1. The van der Waals surface area contributed by atoms with Crippen molar-refractivity contribution in [1.82, 2.24) is 0 Å². The second kappa shape index (κ2) is 3.77. The number of amides is 1. The highest BCUT2D eigenvalue weighted by Crippen LogP contribution is 2.36. The van der Waals surface area contributed by atoms with E-state index in [1.807, 2.05) is 0 Å². The quantitative estimate of drug-likeness (QED) is 0.628. The number of nitrogens with two attached hydrogens (primary N) is 1. The van der Waals surface area contributed by atoms with Crippen molar-refractivity contribution in [3.8, 4) is 0 Å². The van der Waals surface area contributed by atoms with Crippen LogP contribution in [0.2, 0.25) is 0 Å². The molecule has 1 amide bonds. The molecular formula is C9H13NO4. The van der Waals surface area contributed by atoms with Gasteiger partial charge >= 0.3 is 5.97 Å². The third-order valence-electron chi connectivity index (χ3n) is 2.68. The summed E-state index contributed by atoms with van der Waals surface area (Å²) in [6.07, 6.45) is 1.45. The van der Waals surface area contributed by atoms with Crippen LogP contribution in [0.3, 0.4) is 0 Å². The number of hydrogen-bond donors (Lipinski definition) is 2. The van der Waals surface area contributed by atoms with Crippen molar-refractivity contribution in [3.63, 3.8) is 0 Å². The summed E-state index contributed by atoms with van der Waals surface area (Å²) in [6.45, 7) is 0. The Bertz CT molecular complexity index is 287. The van der Waals surface area contributed by atoms with Gasteiger partial charge < -0.3 is 10.8 Å². The average Bonchev–Trinajstić information content (AvgIpc) is 2.08. The van der Waals surface area contributed by atoms with Gasteiger partial charge in [-0.25, -0.2) is 0 Å². The number of carboxylic acid groups (broad SMARTS) is 1. The largest absolute Gasteiger partial charge is 0.480 e. The van der Waals surface area contributed by atoms with Crippen LogP contribution >= 0.6 is 0 Å². The highest BCUT2D eigenvalue weighted by molar-refractivity contribution is 6.06. The first-order valence-corrected chi connectivity index (χ1v) is 4.54. The fourth-order valence-electron chi connectivity index (χ4n) is 1.88. The molecule has 0 aliphatic heterocycles. The minimum Gasteiger partial charge on any atom is -0.480 e. The molecule has 3 N–H and O–H groups in total. The Morgan fingerprint density at radius 2 is 2.07 bits per heavy atom. The molecule has 1 fully saturated rings. The SMILES string of the molecule is NC(=O)CC1(C(=O)O)CCCCC1=O. The molecule has 0 aromatic carbocycles. The van der Waals surface area contributed by atoms with Crippen LogP contribution in [0.5, 0.6) is 0 Å². The summed E-state index contributed by atoms with van der Waals surface area (Å²) >= 11 is 0. The van der Waals surface area contributed by atoms with Crippen LogP contribution in [-0.2, 0) is 14.4 Å². The van der Waals surface area contributed by atoms with Crippen LogP contribution in [0.25, 0.3) is 0 Å². The predicted molar refractivity (Wildman–Crippen MR) is 47.4 cm³/mol. The summed E-state index contributed by atoms with van der Waals surface area (Å²) < 4.78 is 0. The number of aliphatic carboxylic acids is 1. The minimum atomic E-state index is -1.54. The molecule has 1 unspecified atom stereocenters. The molecular weight excluding hydrogens is 186 g/mol. The molecule has 0 saturated heterocycles. The maximum atomic E-state index is 11.5. The van der Waals surface area contributed by atoms with E-state index in [9.17, 15) is 14.4 Å². The van der Waals surface area contributed by atoms with Gasteiger partial charge in [0.25, 0.3) is 0 Å². The lowest BCUT2D eigenvalue weighted by Gasteiger charge is -2.30. The molecule has 0 aromatic heterocycles. The number of ketones is 1. The van der Waals surface area contributed by atoms with Gasteiger partial charge in [-0.2, -0.15) is 0 Å². The Labute approximate surface area is 81.3 Å². The number of carbonyl (C=O) groups excluding carboxylic acids is 2. The van der Waals surface area contributed by atoms with E-state index in [1.54, 1.807) is 0 Å². The lowest BCUT2D eigenvalue weighted by Crippen LogP contribution is -2.44. The monoisotopic (exact) mass is 199 g/mol. The fraction of sp³-hybridized carbons (Fsp3) is 0.667. The van der Waals surface area contributed by atoms with Gasteiger partial charge in [-0.1, -0.05) is 6.42 Å². The smallest absolute Gasteiger partial charge is 0.317 e. The first kappa shape index (κ1) is 10.7. The molecule has 0 radical (unpaired) electrons. The molecule has 1 aliphatic rings. The number of primary amides is 1. The Kier molecular flexibility index (Phi) is 2.88. The highest BCUT2D eigenvalue weighted by atomic mass is 16.4. The van der Waals surface area contributed by atoms with Gasteiger partial charge in [0.05, 0.1) is 0 Å². The lowest BCUT2D eigenvalue weighted by molar-refractivity contribution is -0.159. The normalized spacial score (nSPS) is 27.3. The van der Waals surface area contributed by atoms with Crippen LogP contribution in [0, 0.1) is 5.41 Å². The fourth-order valence-corrected chi connectivity index (χ4v) is 1.88. The molecule has 0 aromatic rings. The maximum Gasteiger partial charge on any atom is 0.317 e. The topological polar surface area (TPSA) is 97.5 Å². The molecule has 14 heavy (non-hydrogen) atoms. The van der Waals surface area contributed by atoms with E-state index in [-0.39, 0.29) is 25.0 Å². The molecule has 0 heterocycles. The summed E-state index contributed by atoms with van der Waals surface area (Å²) in [5, 5.41) is 8.98. The molecule has 1 atom stereocenters. The van der Waals surface area contributed by atoms with Crippen LogP contribution in [0.4, 0.5) is 0 Å². The molecule has 5 heteroatoms. The third-order valence-corrected chi connectivity index (χ3v) is 2.68. The molecule has 0 bridgehead atoms. The standard InChI is InChI=1S/C9H13NO4/c10-7(12)5-9(8(13)14)4-2-1-3-6(9)11/h1-5H2,(H2,10,12)(H,13,14). The van der Waals surface area contributed by atoms with Gasteiger partial charge in [-0.05, 0) is 12.8 Å². The second-order valence-corrected chi connectivity index (χ2v) is 3.66. The van der Waals surface area contributed by atoms with Crippen molar-refractivity contribution in [3.05, 3.63) is 0 Å². The molecule has 5 nitrogen and oxygen atoms in total. The summed E-state index contributed by atoms with van der Waals surface area (Å²) in [6, 6.07) is 0. The van der Waals surface area contributed by atoms with E-state index >= 15 is 0 Å². The van der Waals surface area contributed by atoms with Crippen molar-refractivity contribution in [2.45, 2.75) is 32.1 Å². The lowest BCUT2D eigenvalue weighted by atomic mass is 9.70. The van der Waals surface area contributed by atoms with E-state index < -0.39 is 17.3 Å². The Balaban J connectivity index is 2.95.